The Labute approximate surface area is 212 Å². The van der Waals surface area contributed by atoms with Crippen LogP contribution in [0.15, 0.2) is 73.4 Å². The maximum absolute atomic E-state index is 13.1. The minimum atomic E-state index is -4.08. The van der Waals surface area contributed by atoms with Gasteiger partial charge in [-0.15, -0.1) is 11.3 Å². The second-order valence-corrected chi connectivity index (χ2v) is 11.2. The highest BCUT2D eigenvalue weighted by Crippen LogP contribution is 2.25. The van der Waals surface area contributed by atoms with Gasteiger partial charge in [-0.25, -0.2) is 32.3 Å². The van der Waals surface area contributed by atoms with Gasteiger partial charge in [0.05, 0.1) is 27.5 Å². The van der Waals surface area contributed by atoms with Gasteiger partial charge in [-0.05, 0) is 54.6 Å². The fourth-order valence-electron chi connectivity index (χ4n) is 3.56. The van der Waals surface area contributed by atoms with Gasteiger partial charge in [0.15, 0.2) is 0 Å². The monoisotopic (exact) mass is 545 g/mol. The van der Waals surface area contributed by atoms with E-state index in [1.165, 1.54) is 36.4 Å². The molecule has 0 aliphatic carbocycles. The molecule has 0 spiro atoms. The van der Waals surface area contributed by atoms with Crippen LogP contribution in [0.5, 0.6) is 0 Å². The standard InChI is InChI=1S/C22H16ClN5O6S2/c23-17-7-8-18(35-17)36(32,33)27-21(30)25-13-2-4-14(5-3-13)28-20(29)15-6-1-12(19-24-9-10-34-19)11-16(15)26-22(28)31/h1-8,11H,9-10H2,(H,26,31)(H2,25,27,30). The number of nitrogens with zero attached hydrogens (tertiary/aromatic N) is 2. The first-order valence-electron chi connectivity index (χ1n) is 10.4. The summed E-state index contributed by atoms with van der Waals surface area (Å²) in [6, 6.07) is 12.4. The van der Waals surface area contributed by atoms with E-state index >= 15 is 0 Å². The largest absolute Gasteiger partial charge is 0.476 e. The number of sulfonamides is 1. The first kappa shape index (κ1) is 23.8. The fourth-order valence-corrected chi connectivity index (χ4v) is 5.95. The van der Waals surface area contributed by atoms with Crippen LogP contribution in [0.2, 0.25) is 4.34 Å². The lowest BCUT2D eigenvalue weighted by atomic mass is 10.1. The van der Waals surface area contributed by atoms with E-state index in [4.69, 9.17) is 16.3 Å². The van der Waals surface area contributed by atoms with Crippen LogP contribution in [0.3, 0.4) is 0 Å². The summed E-state index contributed by atoms with van der Waals surface area (Å²) in [6.07, 6.45) is 0. The zero-order valence-corrected chi connectivity index (χ0v) is 20.5. The maximum atomic E-state index is 13.1. The number of H-pyrrole nitrogens is 1. The zero-order valence-electron chi connectivity index (χ0n) is 18.1. The van der Waals surface area contributed by atoms with Gasteiger partial charge in [-0.3, -0.25) is 4.79 Å². The summed E-state index contributed by atoms with van der Waals surface area (Å²) in [5.41, 5.74) is 0.308. The fraction of sp³-hybridized carbons (Fsp3) is 0.0909. The molecule has 36 heavy (non-hydrogen) atoms. The highest BCUT2D eigenvalue weighted by Gasteiger charge is 2.20. The van der Waals surface area contributed by atoms with Crippen molar-refractivity contribution in [2.24, 2.45) is 4.99 Å². The van der Waals surface area contributed by atoms with Gasteiger partial charge in [0.2, 0.25) is 5.90 Å². The normalized spacial score (nSPS) is 13.3. The third kappa shape index (κ3) is 4.63. The van der Waals surface area contributed by atoms with E-state index in [9.17, 15) is 22.8 Å². The van der Waals surface area contributed by atoms with Crippen molar-refractivity contribution in [1.82, 2.24) is 14.3 Å². The molecule has 0 unspecified atom stereocenters. The second kappa shape index (κ2) is 9.26. The molecule has 184 valence electrons. The number of aliphatic imine (C=N–C) groups is 1. The van der Waals surface area contributed by atoms with Crippen LogP contribution in [0.25, 0.3) is 16.6 Å². The van der Waals surface area contributed by atoms with Gasteiger partial charge in [-0.1, -0.05) is 11.6 Å². The molecule has 1 aliphatic heterocycles. The second-order valence-electron chi connectivity index (χ2n) is 7.53. The van der Waals surface area contributed by atoms with Crippen LogP contribution in [0.4, 0.5) is 10.5 Å². The summed E-state index contributed by atoms with van der Waals surface area (Å²) in [5.74, 6) is 0.459. The van der Waals surface area contributed by atoms with Gasteiger partial charge in [0.1, 0.15) is 10.8 Å². The molecule has 11 nitrogen and oxygen atoms in total. The third-order valence-electron chi connectivity index (χ3n) is 5.15. The molecule has 3 N–H and O–H groups in total. The predicted molar refractivity (Wildman–Crippen MR) is 136 cm³/mol. The molecule has 5 rings (SSSR count). The van der Waals surface area contributed by atoms with Gasteiger partial charge >= 0.3 is 11.7 Å². The number of anilines is 1. The maximum Gasteiger partial charge on any atom is 0.333 e. The van der Waals surface area contributed by atoms with Crippen molar-refractivity contribution in [3.63, 3.8) is 0 Å². The van der Waals surface area contributed by atoms with Crippen molar-refractivity contribution in [3.05, 3.63) is 85.3 Å². The molecule has 1 aliphatic rings. The molecule has 0 radical (unpaired) electrons. The molecule has 2 amide bonds. The Balaban J connectivity index is 1.37. The van der Waals surface area contributed by atoms with E-state index < -0.39 is 27.3 Å². The number of nitrogens with one attached hydrogen (secondary N) is 3. The van der Waals surface area contributed by atoms with E-state index in [1.54, 1.807) is 18.2 Å². The van der Waals surface area contributed by atoms with Crippen molar-refractivity contribution in [1.29, 1.82) is 0 Å². The summed E-state index contributed by atoms with van der Waals surface area (Å²) in [7, 11) is -4.08. The Hall–Kier alpha value is -3.94. The quantitative estimate of drug-likeness (QED) is 0.350. The van der Waals surface area contributed by atoms with Crippen LogP contribution >= 0.6 is 22.9 Å². The first-order chi connectivity index (χ1) is 17.2. The molecule has 0 bridgehead atoms. The Kier molecular flexibility index (Phi) is 6.12. The minimum absolute atomic E-state index is 0.108. The number of hydrogen-bond donors (Lipinski definition) is 3. The minimum Gasteiger partial charge on any atom is -0.476 e. The van der Waals surface area contributed by atoms with Crippen molar-refractivity contribution in [3.8, 4) is 5.69 Å². The average Bonchev–Trinajstić information content (AvgIpc) is 3.52. The van der Waals surface area contributed by atoms with Crippen molar-refractivity contribution >= 4 is 61.5 Å². The number of carbonyl (C=O) groups is 1. The number of aromatic nitrogens is 2. The SMILES string of the molecule is O=C(Nc1ccc(-n2c(=O)[nH]c3cc(C4=NCCO4)ccc3c2=O)cc1)NS(=O)(=O)c1ccc(Cl)s1. The smallest absolute Gasteiger partial charge is 0.333 e. The summed E-state index contributed by atoms with van der Waals surface area (Å²) in [6.45, 7) is 1.04. The molecule has 0 fully saturated rings. The number of amides is 2. The number of halogens is 1. The van der Waals surface area contributed by atoms with Crippen LogP contribution in [0, 0.1) is 0 Å². The Bertz CT molecular complexity index is 1760. The summed E-state index contributed by atoms with van der Waals surface area (Å²) >= 11 is 6.56. The number of thiophene rings is 1. The molecule has 2 aromatic carbocycles. The van der Waals surface area contributed by atoms with Crippen molar-refractivity contribution in [2.45, 2.75) is 4.21 Å². The molecule has 0 atom stereocenters. The Morgan fingerprint density at radius 1 is 1.11 bits per heavy atom. The predicted octanol–water partition coefficient (Wildman–Crippen LogP) is 2.68. The lowest BCUT2D eigenvalue weighted by Crippen LogP contribution is -2.34. The molecule has 0 saturated heterocycles. The summed E-state index contributed by atoms with van der Waals surface area (Å²) in [4.78, 5) is 44.9. The number of urea groups is 1. The molecular formula is C22H16ClN5O6S2. The number of aromatic amines is 1. The van der Waals surface area contributed by atoms with E-state index in [-0.39, 0.29) is 25.3 Å². The average molecular weight is 546 g/mol. The highest BCUT2D eigenvalue weighted by molar-refractivity contribution is 7.92. The molecular weight excluding hydrogens is 530 g/mol. The highest BCUT2D eigenvalue weighted by atomic mass is 35.5. The summed E-state index contributed by atoms with van der Waals surface area (Å²) < 4.78 is 32.9. The molecule has 14 heteroatoms. The van der Waals surface area contributed by atoms with E-state index in [0.717, 1.165) is 15.9 Å². The number of benzene rings is 2. The Morgan fingerprint density at radius 2 is 1.89 bits per heavy atom. The number of ether oxygens (including phenoxy) is 1. The summed E-state index contributed by atoms with van der Waals surface area (Å²) in [5, 5.41) is 2.68. The lowest BCUT2D eigenvalue weighted by Gasteiger charge is -2.10. The van der Waals surface area contributed by atoms with Crippen LogP contribution < -0.4 is 21.3 Å². The van der Waals surface area contributed by atoms with E-state index in [0.29, 0.717) is 30.1 Å². The van der Waals surface area contributed by atoms with Gasteiger partial charge in [0, 0.05) is 11.3 Å². The first-order valence-corrected chi connectivity index (χ1v) is 13.1. The number of carbonyl (C=O) groups excluding carboxylic acids is 1. The lowest BCUT2D eigenvalue weighted by molar-refractivity contribution is 0.256. The van der Waals surface area contributed by atoms with Gasteiger partial charge in [0.25, 0.3) is 15.6 Å². The van der Waals surface area contributed by atoms with E-state index in [2.05, 4.69) is 15.3 Å². The van der Waals surface area contributed by atoms with E-state index in [1.807, 2.05) is 4.72 Å². The third-order valence-corrected chi connectivity index (χ3v) is 8.21. The van der Waals surface area contributed by atoms with Crippen molar-refractivity contribution < 1.29 is 17.9 Å². The number of hydrogen-bond acceptors (Lipinski definition) is 8. The molecule has 0 saturated carbocycles. The molecule has 4 aromatic rings. The zero-order chi connectivity index (χ0) is 25.4. The topological polar surface area (TPSA) is 152 Å². The van der Waals surface area contributed by atoms with Gasteiger partial charge < -0.3 is 15.0 Å². The van der Waals surface area contributed by atoms with Crippen LogP contribution in [-0.4, -0.2) is 43.0 Å². The molecule has 3 heterocycles. The number of rotatable bonds is 5. The van der Waals surface area contributed by atoms with Gasteiger partial charge in [-0.2, -0.15) is 0 Å². The number of fused-ring (bicyclic) bond motifs is 1. The van der Waals surface area contributed by atoms with Crippen molar-refractivity contribution in [2.75, 3.05) is 18.5 Å². The van der Waals surface area contributed by atoms with Crippen LogP contribution in [0.1, 0.15) is 5.56 Å². The van der Waals surface area contributed by atoms with Crippen LogP contribution in [-0.2, 0) is 14.8 Å². The molecule has 2 aromatic heterocycles. The Morgan fingerprint density at radius 3 is 2.56 bits per heavy atom.